The van der Waals surface area contributed by atoms with Gasteiger partial charge in [0, 0.05) is 41.8 Å². The van der Waals surface area contributed by atoms with E-state index in [0.29, 0.717) is 40.1 Å². The maximum Gasteiger partial charge on any atom is 0.354 e. The number of hydrogen-bond donors (Lipinski definition) is 5. The van der Waals surface area contributed by atoms with E-state index in [9.17, 15) is 4.79 Å². The maximum absolute atomic E-state index is 15.3. The van der Waals surface area contributed by atoms with Crippen LogP contribution in [0.5, 0.6) is 0 Å². The minimum absolute atomic E-state index is 0.0765. The molecule has 2 aliphatic rings. The van der Waals surface area contributed by atoms with Crippen molar-refractivity contribution in [3.63, 3.8) is 0 Å². The summed E-state index contributed by atoms with van der Waals surface area (Å²) < 4.78 is 16.8. The number of halogens is 2. The molecule has 0 spiro atoms. The molecular formula is C35H43ClFN7O. The van der Waals surface area contributed by atoms with Crippen molar-refractivity contribution in [2.24, 2.45) is 11.7 Å². The van der Waals surface area contributed by atoms with E-state index >= 15 is 4.39 Å². The molecule has 2 aromatic carbocycles. The minimum Gasteiger partial charge on any atom is -0.374 e. The SMILES string of the molecule is CC(=N)NCC[C@@H]1CCC[C@@H](c2ccc(-n3cc4cc(-c5cc(CCC[C@@H](N)C6CC6)cc(Cl)c5F)[nH]c4nc3=O)cc2C)N1. The Labute approximate surface area is 268 Å². The number of aromatic amines is 1. The molecule has 0 radical (unpaired) electrons. The van der Waals surface area contributed by atoms with Crippen molar-refractivity contribution < 1.29 is 4.39 Å². The van der Waals surface area contributed by atoms with Crippen molar-refractivity contribution in [3.8, 4) is 16.9 Å². The second kappa shape index (κ2) is 13.4. The van der Waals surface area contributed by atoms with Gasteiger partial charge in [0.1, 0.15) is 5.65 Å². The van der Waals surface area contributed by atoms with E-state index in [1.807, 2.05) is 24.3 Å². The van der Waals surface area contributed by atoms with Crippen molar-refractivity contribution in [1.29, 1.82) is 5.41 Å². The fourth-order valence-corrected chi connectivity index (χ4v) is 6.98. The first-order chi connectivity index (χ1) is 21.7. The van der Waals surface area contributed by atoms with Gasteiger partial charge in [-0.25, -0.2) is 9.18 Å². The minimum atomic E-state index is -0.497. The Balaban J connectivity index is 1.20. The molecule has 0 bridgehead atoms. The summed E-state index contributed by atoms with van der Waals surface area (Å²) in [6.45, 7) is 4.63. The van der Waals surface area contributed by atoms with E-state index in [1.54, 1.807) is 23.8 Å². The van der Waals surface area contributed by atoms with Crippen LogP contribution in [0.4, 0.5) is 4.39 Å². The number of aromatic nitrogens is 3. The molecule has 10 heteroatoms. The van der Waals surface area contributed by atoms with Gasteiger partial charge in [0.15, 0.2) is 5.82 Å². The van der Waals surface area contributed by atoms with E-state index in [4.69, 9.17) is 22.7 Å². The first-order valence-electron chi connectivity index (χ1n) is 16.2. The van der Waals surface area contributed by atoms with Crippen molar-refractivity contribution in [2.75, 3.05) is 6.54 Å². The highest BCUT2D eigenvalue weighted by Gasteiger charge is 2.28. The third-order valence-electron chi connectivity index (χ3n) is 9.39. The Morgan fingerprint density at radius 2 is 2.04 bits per heavy atom. The van der Waals surface area contributed by atoms with E-state index in [1.165, 1.54) is 18.4 Å². The van der Waals surface area contributed by atoms with E-state index < -0.39 is 11.5 Å². The zero-order chi connectivity index (χ0) is 31.7. The van der Waals surface area contributed by atoms with Crippen LogP contribution < -0.4 is 22.1 Å². The van der Waals surface area contributed by atoms with Crippen LogP contribution in [0.1, 0.15) is 81.0 Å². The van der Waals surface area contributed by atoms with Gasteiger partial charge in [0.25, 0.3) is 0 Å². The molecule has 1 aliphatic heterocycles. The standard InChI is InChI=1S/C35H43ClFN7O/c1-20-15-26(11-12-27(20)31-8-4-6-25(41-31)13-14-40-21(2)38)44-19-24-18-32(42-34(24)43-35(44)45)28-16-22(17-29(36)33(28)37)5-3-7-30(39)23-9-10-23/h11-12,15-19,23,25,30-31,41H,3-10,13-14,39H2,1-2H3,(H2,38,40)(H,42,43,45)/t25-,30+,31-/m0/s1. The Kier molecular flexibility index (Phi) is 9.40. The third-order valence-corrected chi connectivity index (χ3v) is 9.66. The Morgan fingerprint density at radius 1 is 1.22 bits per heavy atom. The second-order valence-electron chi connectivity index (χ2n) is 12.9. The summed E-state index contributed by atoms with van der Waals surface area (Å²) in [6.07, 6.45) is 11.1. The first kappa shape index (κ1) is 31.5. The van der Waals surface area contributed by atoms with Crippen molar-refractivity contribution in [1.82, 2.24) is 25.2 Å². The molecule has 6 N–H and O–H groups in total. The average molecular weight is 632 g/mol. The zero-order valence-electron chi connectivity index (χ0n) is 26.1. The predicted molar refractivity (Wildman–Crippen MR) is 180 cm³/mol. The highest BCUT2D eigenvalue weighted by molar-refractivity contribution is 6.31. The summed E-state index contributed by atoms with van der Waals surface area (Å²) in [4.78, 5) is 20.6. The lowest BCUT2D eigenvalue weighted by Crippen LogP contribution is -2.39. The number of rotatable bonds is 11. The maximum atomic E-state index is 15.3. The molecule has 3 heterocycles. The van der Waals surface area contributed by atoms with Crippen LogP contribution in [-0.2, 0) is 6.42 Å². The van der Waals surface area contributed by atoms with Gasteiger partial charge in [-0.15, -0.1) is 0 Å². The first-order valence-corrected chi connectivity index (χ1v) is 16.6. The summed E-state index contributed by atoms with van der Waals surface area (Å²) in [7, 11) is 0. The summed E-state index contributed by atoms with van der Waals surface area (Å²) in [6, 6.07) is 12.3. The third kappa shape index (κ3) is 7.32. The van der Waals surface area contributed by atoms with Crippen molar-refractivity contribution >= 4 is 28.5 Å². The number of benzene rings is 2. The van der Waals surface area contributed by atoms with Gasteiger partial charge in [0.2, 0.25) is 0 Å². The van der Waals surface area contributed by atoms with Crippen LogP contribution in [0.25, 0.3) is 28.0 Å². The Morgan fingerprint density at radius 3 is 2.80 bits per heavy atom. The van der Waals surface area contributed by atoms with Gasteiger partial charge in [-0.05, 0) is 118 Å². The monoisotopic (exact) mass is 631 g/mol. The molecule has 1 aliphatic carbocycles. The number of hydrogen-bond acceptors (Lipinski definition) is 5. The summed E-state index contributed by atoms with van der Waals surface area (Å²) in [5, 5.41) is 15.3. The van der Waals surface area contributed by atoms with Gasteiger partial charge in [-0.3, -0.25) is 9.98 Å². The van der Waals surface area contributed by atoms with Crippen LogP contribution in [0.3, 0.4) is 0 Å². The van der Waals surface area contributed by atoms with Crippen molar-refractivity contribution in [3.05, 3.63) is 80.6 Å². The molecule has 0 unspecified atom stereocenters. The normalized spacial score (nSPS) is 19.1. The number of fused-ring (bicyclic) bond motifs is 1. The molecule has 0 amide bonds. The van der Waals surface area contributed by atoms with Crippen LogP contribution in [0.2, 0.25) is 5.02 Å². The molecule has 1 saturated heterocycles. The molecule has 1 saturated carbocycles. The van der Waals surface area contributed by atoms with Crippen LogP contribution in [-0.4, -0.2) is 39.0 Å². The molecular weight excluding hydrogens is 589 g/mol. The number of nitrogens with zero attached hydrogens (tertiary/aromatic N) is 2. The van der Waals surface area contributed by atoms with E-state index in [0.717, 1.165) is 68.3 Å². The fraction of sp³-hybridized carbons (Fsp3) is 0.457. The van der Waals surface area contributed by atoms with E-state index in [2.05, 4.69) is 33.6 Å². The van der Waals surface area contributed by atoms with E-state index in [-0.39, 0.29) is 17.1 Å². The van der Waals surface area contributed by atoms with Crippen molar-refractivity contribution in [2.45, 2.75) is 89.8 Å². The number of aryl methyl sites for hydroxylation is 2. The van der Waals surface area contributed by atoms with Gasteiger partial charge in [-0.2, -0.15) is 4.98 Å². The summed E-state index contributed by atoms with van der Waals surface area (Å²) in [5.74, 6) is 0.654. The molecule has 4 aromatic rings. The number of nitrogens with two attached hydrogens (primary N) is 1. The lowest BCUT2D eigenvalue weighted by molar-refractivity contribution is 0.312. The molecule has 2 aromatic heterocycles. The van der Waals surface area contributed by atoms with Gasteiger partial charge in [0.05, 0.1) is 22.2 Å². The summed E-state index contributed by atoms with van der Waals surface area (Å²) >= 11 is 6.33. The van der Waals surface area contributed by atoms with Crippen LogP contribution in [0, 0.1) is 24.1 Å². The summed E-state index contributed by atoms with van der Waals surface area (Å²) in [5.41, 5.74) is 11.2. The number of amidine groups is 1. The quantitative estimate of drug-likeness (QED) is 0.0930. The molecule has 238 valence electrons. The second-order valence-corrected chi connectivity index (χ2v) is 13.3. The lowest BCUT2D eigenvalue weighted by atomic mass is 9.90. The largest absolute Gasteiger partial charge is 0.374 e. The Hall–Kier alpha value is -3.53. The van der Waals surface area contributed by atoms with Gasteiger partial charge in [-0.1, -0.05) is 24.1 Å². The molecule has 8 nitrogen and oxygen atoms in total. The number of piperidine rings is 1. The highest BCUT2D eigenvalue weighted by atomic mass is 35.5. The molecule has 2 fully saturated rings. The molecule has 3 atom stereocenters. The van der Waals surface area contributed by atoms with Gasteiger partial charge < -0.3 is 21.4 Å². The smallest absolute Gasteiger partial charge is 0.354 e. The number of nitrogens with one attached hydrogen (secondary N) is 4. The average Bonchev–Trinajstić information content (AvgIpc) is 3.78. The van der Waals surface area contributed by atoms with Crippen LogP contribution in [0.15, 0.2) is 47.4 Å². The topological polar surface area (TPSA) is 125 Å². The number of H-pyrrole nitrogens is 1. The van der Waals surface area contributed by atoms with Gasteiger partial charge >= 0.3 is 5.69 Å². The zero-order valence-corrected chi connectivity index (χ0v) is 26.8. The highest BCUT2D eigenvalue weighted by Crippen LogP contribution is 2.35. The lowest BCUT2D eigenvalue weighted by Gasteiger charge is -2.32. The molecule has 6 rings (SSSR count). The van der Waals surface area contributed by atoms with Crippen LogP contribution >= 0.6 is 11.6 Å². The molecule has 45 heavy (non-hydrogen) atoms. The predicted octanol–water partition coefficient (Wildman–Crippen LogP) is 6.70. The Bertz CT molecular complexity index is 1760. The fourth-order valence-electron chi connectivity index (χ4n) is 6.74.